The van der Waals surface area contributed by atoms with Crippen molar-refractivity contribution in [2.75, 3.05) is 0 Å². The number of non-ortho nitro benzene ring substituents is 1. The number of benzene rings is 2. The van der Waals surface area contributed by atoms with E-state index < -0.39 is 62.6 Å². The number of tetrazole rings is 1. The summed E-state index contributed by atoms with van der Waals surface area (Å²) < 4.78 is 65.7. The monoisotopic (exact) mass is 496 g/mol. The van der Waals surface area contributed by atoms with Gasteiger partial charge in [0.05, 0.1) is 26.4 Å². The predicted octanol–water partition coefficient (Wildman–Crippen LogP) is -2.94. The van der Waals surface area contributed by atoms with Gasteiger partial charge < -0.3 is 0 Å². The third kappa shape index (κ3) is 4.96. The maximum absolute atomic E-state index is 11.8. The average molecular weight is 496 g/mol. The Bertz CT molecular complexity index is 1450. The molecule has 3 N–H and O–H groups in total. The van der Waals surface area contributed by atoms with E-state index >= 15 is 0 Å². The third-order valence-electron chi connectivity index (χ3n) is 3.88. The topological polar surface area (TPSA) is 240 Å². The van der Waals surface area contributed by atoms with Gasteiger partial charge in [0.25, 0.3) is 25.9 Å². The first-order valence-corrected chi connectivity index (χ1v) is 10.5. The number of nitro benzene ring substituents is 2. The van der Waals surface area contributed by atoms with Gasteiger partial charge in [-0.05, 0) is 24.3 Å². The molecule has 0 spiro atoms. The number of rotatable bonds is 6. The van der Waals surface area contributed by atoms with Crippen molar-refractivity contribution in [2.45, 2.75) is 9.79 Å². The number of nitrogens with one attached hydrogen (secondary N) is 1. The molecule has 162 valence electrons. The molecule has 1 heterocycles. The van der Waals surface area contributed by atoms with E-state index in [4.69, 9.17) is 4.55 Å². The van der Waals surface area contributed by atoms with Crippen molar-refractivity contribution in [3.8, 4) is 17.1 Å². The summed E-state index contributed by atoms with van der Waals surface area (Å²) in [5.74, 6) is -0.438. The molecule has 0 aliphatic heterocycles. The van der Waals surface area contributed by atoms with E-state index in [9.17, 15) is 41.6 Å². The number of hydrogen-bond acceptors (Lipinski definition) is 10. The Balaban J connectivity index is 0.00000363. The number of nitro groups is 2. The molecule has 3 rings (SSSR count). The van der Waals surface area contributed by atoms with Crippen LogP contribution in [0.2, 0.25) is 0 Å². The first-order chi connectivity index (χ1) is 14.3. The van der Waals surface area contributed by atoms with E-state index in [-0.39, 0.29) is 35.2 Å². The number of H-pyrrole nitrogens is 1. The minimum absolute atomic E-state index is 0. The van der Waals surface area contributed by atoms with Crippen LogP contribution in [0, 0.1) is 20.2 Å². The summed E-state index contributed by atoms with van der Waals surface area (Å²) in [5.41, 5.74) is -2.15. The van der Waals surface area contributed by atoms with Crippen LogP contribution < -0.4 is 34.2 Å². The van der Waals surface area contributed by atoms with Gasteiger partial charge in [0, 0.05) is 6.07 Å². The quantitative estimate of drug-likeness (QED) is 0.102. The van der Waals surface area contributed by atoms with Crippen LogP contribution >= 0.6 is 0 Å². The van der Waals surface area contributed by atoms with Crippen LogP contribution in [0.5, 0.6) is 0 Å². The van der Waals surface area contributed by atoms with Crippen LogP contribution in [0.1, 0.15) is 0 Å². The van der Waals surface area contributed by atoms with Gasteiger partial charge in [-0.1, -0.05) is 5.21 Å². The first kappa shape index (κ1) is 25.4. The molecule has 2 aromatic carbocycles. The van der Waals surface area contributed by atoms with Gasteiger partial charge in [-0.25, -0.2) is 0 Å². The molecule has 19 heteroatoms. The Labute approximate surface area is 200 Å². The smallest absolute Gasteiger partial charge is 0.282 e. The second-order valence-corrected chi connectivity index (χ2v) is 8.57. The molecular formula is C13H9N6NaO10S2+2. The fraction of sp³-hybridized carbons (Fsp3) is 0. The molecule has 32 heavy (non-hydrogen) atoms. The number of hydrogen-bond donors (Lipinski definition) is 3. The Morgan fingerprint density at radius 3 is 2.12 bits per heavy atom. The summed E-state index contributed by atoms with van der Waals surface area (Å²) in [6.07, 6.45) is 0. The van der Waals surface area contributed by atoms with Gasteiger partial charge in [0.1, 0.15) is 9.99 Å². The second-order valence-electron chi connectivity index (χ2n) is 5.75. The molecule has 0 fully saturated rings. The van der Waals surface area contributed by atoms with Gasteiger partial charge in [0.15, 0.2) is 5.21 Å². The van der Waals surface area contributed by atoms with Crippen molar-refractivity contribution in [3.05, 3.63) is 56.6 Å². The fourth-order valence-corrected chi connectivity index (χ4v) is 3.87. The summed E-state index contributed by atoms with van der Waals surface area (Å²) in [7, 11) is -9.92. The largest absolute Gasteiger partial charge is 1.00 e. The molecule has 0 saturated carbocycles. The SMILES string of the molecule is O=[N+]([O-])c1ccc(-[n+]2[nH]nnc2-c2ccc(S(=O)(=O)O)cc2S(=O)(=O)O)c([N+](=O)[O-])c1.[Na+]. The molecular weight excluding hydrogens is 487 g/mol. The van der Waals surface area contributed by atoms with Gasteiger partial charge in [0.2, 0.25) is 5.69 Å². The standard InChI is InChI=1S/C13H8N6O10S2.Na/c20-18(21)7-1-4-10(11(5-7)19(22)23)17-13(14-15-16-17)9-3-2-8(30(24,25)26)6-12(9)31(27,28)29;/h1-6H,(H2,24,25,26,27,28,29);/q;+1/p+1. The first-order valence-electron chi connectivity index (χ1n) is 7.66. The van der Waals surface area contributed by atoms with Crippen LogP contribution in [0.3, 0.4) is 0 Å². The minimum atomic E-state index is -5.08. The fourth-order valence-electron chi connectivity index (χ4n) is 2.57. The normalized spacial score (nSPS) is 11.6. The van der Waals surface area contributed by atoms with E-state index in [2.05, 4.69) is 15.5 Å². The summed E-state index contributed by atoms with van der Waals surface area (Å²) in [6, 6.07) is 4.66. The molecule has 0 aliphatic carbocycles. The molecule has 0 saturated heterocycles. The van der Waals surface area contributed by atoms with Crippen molar-refractivity contribution >= 4 is 31.6 Å². The van der Waals surface area contributed by atoms with Crippen molar-refractivity contribution in [2.24, 2.45) is 0 Å². The van der Waals surface area contributed by atoms with Crippen molar-refractivity contribution in [3.63, 3.8) is 0 Å². The Morgan fingerprint density at radius 1 is 0.938 bits per heavy atom. The zero-order chi connectivity index (χ0) is 23.1. The summed E-state index contributed by atoms with van der Waals surface area (Å²) >= 11 is 0. The van der Waals surface area contributed by atoms with Crippen LogP contribution in [-0.2, 0) is 20.2 Å². The zero-order valence-electron chi connectivity index (χ0n) is 15.7. The average Bonchev–Trinajstić information content (AvgIpc) is 3.15. The Morgan fingerprint density at radius 2 is 1.59 bits per heavy atom. The third-order valence-corrected chi connectivity index (χ3v) is 5.62. The van der Waals surface area contributed by atoms with Gasteiger partial charge >= 0.3 is 41.1 Å². The molecule has 16 nitrogen and oxygen atoms in total. The van der Waals surface area contributed by atoms with E-state index in [1.807, 2.05) is 0 Å². The number of aromatic amines is 1. The van der Waals surface area contributed by atoms with Crippen molar-refractivity contribution in [1.29, 1.82) is 0 Å². The van der Waals surface area contributed by atoms with E-state index in [0.29, 0.717) is 12.1 Å². The maximum atomic E-state index is 11.8. The van der Waals surface area contributed by atoms with Crippen molar-refractivity contribution in [1.82, 2.24) is 15.5 Å². The zero-order valence-corrected chi connectivity index (χ0v) is 19.3. The molecule has 0 bridgehead atoms. The van der Waals surface area contributed by atoms with Crippen LogP contribution in [0.15, 0.2) is 46.2 Å². The van der Waals surface area contributed by atoms with Crippen LogP contribution in [0.4, 0.5) is 11.4 Å². The van der Waals surface area contributed by atoms with Gasteiger partial charge in [-0.2, -0.15) is 16.8 Å². The predicted molar refractivity (Wildman–Crippen MR) is 96.3 cm³/mol. The summed E-state index contributed by atoms with van der Waals surface area (Å²) in [5, 5.41) is 31.6. The summed E-state index contributed by atoms with van der Waals surface area (Å²) in [6.45, 7) is 0. The molecule has 1 aromatic heterocycles. The Kier molecular flexibility index (Phi) is 7.09. The van der Waals surface area contributed by atoms with Gasteiger partial charge in [-0.3, -0.25) is 29.3 Å². The van der Waals surface area contributed by atoms with Crippen LogP contribution in [-0.4, -0.2) is 51.3 Å². The second kappa shape index (κ2) is 8.94. The van der Waals surface area contributed by atoms with E-state index in [0.717, 1.165) is 28.9 Å². The van der Waals surface area contributed by atoms with E-state index in [1.165, 1.54) is 0 Å². The van der Waals surface area contributed by atoms with E-state index in [1.54, 1.807) is 0 Å². The molecule has 0 radical (unpaired) electrons. The molecule has 3 aromatic rings. The maximum Gasteiger partial charge on any atom is 1.00 e. The van der Waals surface area contributed by atoms with Crippen molar-refractivity contribution < 1.29 is 70.0 Å². The van der Waals surface area contributed by atoms with Gasteiger partial charge in [-0.15, -0.1) is 4.68 Å². The molecule has 0 atom stereocenters. The number of aromatic nitrogens is 4. The summed E-state index contributed by atoms with van der Waals surface area (Å²) in [4.78, 5) is 18.6. The number of nitrogens with zero attached hydrogens (tertiary/aromatic N) is 5. The van der Waals surface area contributed by atoms with Crippen LogP contribution in [0.25, 0.3) is 17.1 Å². The minimum Gasteiger partial charge on any atom is -0.282 e. The molecule has 0 aliphatic rings. The molecule has 0 amide bonds. The Hall–Kier alpha value is -2.87. The molecule has 0 unspecified atom stereocenters.